The fourth-order valence-corrected chi connectivity index (χ4v) is 5.85. The molecule has 1 atom stereocenters. The molecule has 35 heavy (non-hydrogen) atoms. The predicted octanol–water partition coefficient (Wildman–Crippen LogP) is 4.28. The molecular weight excluding hydrogens is 460 g/mol. The van der Waals surface area contributed by atoms with Crippen LogP contribution >= 0.6 is 0 Å². The van der Waals surface area contributed by atoms with E-state index >= 15 is 0 Å². The Balaban J connectivity index is 1.74. The number of rotatable bonds is 5. The lowest BCUT2D eigenvalue weighted by atomic mass is 9.93. The molecule has 7 nitrogen and oxygen atoms in total. The van der Waals surface area contributed by atoms with Crippen molar-refractivity contribution in [1.82, 2.24) is 20.6 Å². The Hall–Kier alpha value is -3.23. The first-order chi connectivity index (χ1) is 16.8. The SMILES string of the molecule is CCS(=O)(=O)c1cccc(-c2cc(C(=O)NC3CCCNC3)c(C)c3[nH]c4ncc(C)cc4c23)c1. The molecule has 5 rings (SSSR count). The average molecular weight is 491 g/mol. The van der Waals surface area contributed by atoms with E-state index in [2.05, 4.69) is 26.7 Å². The molecule has 2 aromatic carbocycles. The first-order valence-corrected chi connectivity index (χ1v) is 13.7. The van der Waals surface area contributed by atoms with Crippen molar-refractivity contribution in [1.29, 1.82) is 0 Å². The number of aromatic nitrogens is 2. The largest absolute Gasteiger partial charge is 0.348 e. The summed E-state index contributed by atoms with van der Waals surface area (Å²) >= 11 is 0. The topological polar surface area (TPSA) is 104 Å². The molecule has 0 aliphatic carbocycles. The van der Waals surface area contributed by atoms with Crippen LogP contribution in [0.3, 0.4) is 0 Å². The van der Waals surface area contributed by atoms with Gasteiger partial charge in [-0.3, -0.25) is 4.79 Å². The molecule has 3 heterocycles. The fourth-order valence-electron chi connectivity index (χ4n) is 4.92. The normalized spacial score (nSPS) is 16.6. The highest BCUT2D eigenvalue weighted by molar-refractivity contribution is 7.91. The second-order valence-corrected chi connectivity index (χ2v) is 11.6. The number of carbonyl (C=O) groups is 1. The Kier molecular flexibility index (Phi) is 6.11. The number of fused-ring (bicyclic) bond motifs is 3. The van der Waals surface area contributed by atoms with Crippen molar-refractivity contribution < 1.29 is 13.2 Å². The standard InChI is InChI=1S/C27H30N4O3S/c1-4-35(33,34)20-9-5-7-18(12-20)22-13-21(27(32)30-19-8-6-10-28-15-19)17(3)25-24(22)23-11-16(2)14-29-26(23)31-25/h5,7,9,11-14,19,28H,4,6,8,10,15H2,1-3H3,(H,29,31)(H,30,32). The van der Waals surface area contributed by atoms with Crippen LogP contribution in [0.2, 0.25) is 0 Å². The highest BCUT2D eigenvalue weighted by Crippen LogP contribution is 2.38. The Labute approximate surface area is 205 Å². The molecule has 1 fully saturated rings. The van der Waals surface area contributed by atoms with Crippen LogP contribution in [0.25, 0.3) is 33.1 Å². The Morgan fingerprint density at radius 3 is 2.77 bits per heavy atom. The zero-order chi connectivity index (χ0) is 24.7. The first-order valence-electron chi connectivity index (χ1n) is 12.0. The number of aromatic amines is 1. The van der Waals surface area contributed by atoms with Crippen LogP contribution in [-0.2, 0) is 9.84 Å². The van der Waals surface area contributed by atoms with Gasteiger partial charge in [0, 0.05) is 35.1 Å². The summed E-state index contributed by atoms with van der Waals surface area (Å²) in [5, 5.41) is 8.41. The van der Waals surface area contributed by atoms with Gasteiger partial charge in [-0.1, -0.05) is 19.1 Å². The Bertz CT molecular complexity index is 1550. The number of amides is 1. The van der Waals surface area contributed by atoms with Crippen LogP contribution in [0.1, 0.15) is 41.3 Å². The van der Waals surface area contributed by atoms with Crippen molar-refractivity contribution in [3.8, 4) is 11.1 Å². The summed E-state index contributed by atoms with van der Waals surface area (Å²) in [5.41, 5.74) is 5.58. The highest BCUT2D eigenvalue weighted by atomic mass is 32.2. The van der Waals surface area contributed by atoms with Crippen molar-refractivity contribution in [2.24, 2.45) is 0 Å². The van der Waals surface area contributed by atoms with E-state index in [9.17, 15) is 13.2 Å². The first kappa shape index (κ1) is 23.5. The van der Waals surface area contributed by atoms with Gasteiger partial charge in [-0.25, -0.2) is 13.4 Å². The van der Waals surface area contributed by atoms with Crippen molar-refractivity contribution in [2.45, 2.75) is 44.6 Å². The summed E-state index contributed by atoms with van der Waals surface area (Å²) in [6, 6.07) is 11.0. The van der Waals surface area contributed by atoms with Gasteiger partial charge in [-0.2, -0.15) is 0 Å². The second kappa shape index (κ2) is 9.09. The fraction of sp³-hybridized carbons (Fsp3) is 0.333. The van der Waals surface area contributed by atoms with Crippen LogP contribution in [0.15, 0.2) is 47.5 Å². The number of aryl methyl sites for hydroxylation is 2. The Morgan fingerprint density at radius 2 is 2.03 bits per heavy atom. The van der Waals surface area contributed by atoms with E-state index in [0.29, 0.717) is 5.56 Å². The van der Waals surface area contributed by atoms with E-state index in [1.165, 1.54) is 0 Å². The maximum Gasteiger partial charge on any atom is 0.251 e. The van der Waals surface area contributed by atoms with Crippen LogP contribution in [0.5, 0.6) is 0 Å². The minimum absolute atomic E-state index is 0.0268. The van der Waals surface area contributed by atoms with Crippen LogP contribution in [0, 0.1) is 13.8 Å². The van der Waals surface area contributed by atoms with Gasteiger partial charge >= 0.3 is 0 Å². The van der Waals surface area contributed by atoms with E-state index in [-0.39, 0.29) is 22.6 Å². The van der Waals surface area contributed by atoms with Gasteiger partial charge in [0.05, 0.1) is 16.2 Å². The van der Waals surface area contributed by atoms with E-state index in [1.54, 1.807) is 25.1 Å². The van der Waals surface area contributed by atoms with E-state index in [1.807, 2.05) is 32.2 Å². The molecule has 1 aliphatic heterocycles. The summed E-state index contributed by atoms with van der Waals surface area (Å²) in [7, 11) is -3.38. The van der Waals surface area contributed by atoms with Gasteiger partial charge in [-0.15, -0.1) is 0 Å². The van der Waals surface area contributed by atoms with Crippen LogP contribution in [0.4, 0.5) is 0 Å². The smallest absolute Gasteiger partial charge is 0.251 e. The lowest BCUT2D eigenvalue weighted by molar-refractivity contribution is 0.0930. The van der Waals surface area contributed by atoms with Gasteiger partial charge in [0.15, 0.2) is 9.84 Å². The molecule has 1 saturated heterocycles. The van der Waals surface area contributed by atoms with Crippen molar-refractivity contribution in [2.75, 3.05) is 18.8 Å². The number of carbonyl (C=O) groups excluding carboxylic acids is 1. The van der Waals surface area contributed by atoms with Crippen LogP contribution < -0.4 is 10.6 Å². The molecule has 8 heteroatoms. The lowest BCUT2D eigenvalue weighted by Gasteiger charge is -2.24. The molecule has 1 unspecified atom stereocenters. The molecule has 0 saturated carbocycles. The number of pyridine rings is 1. The second-order valence-electron chi connectivity index (χ2n) is 9.33. The molecule has 2 aromatic heterocycles. The number of benzene rings is 2. The van der Waals surface area contributed by atoms with Gasteiger partial charge < -0.3 is 15.6 Å². The summed E-state index contributed by atoms with van der Waals surface area (Å²) < 4.78 is 25.2. The molecule has 3 N–H and O–H groups in total. The third-order valence-corrected chi connectivity index (χ3v) is 8.62. The van der Waals surface area contributed by atoms with Crippen LogP contribution in [-0.4, -0.2) is 49.2 Å². The van der Waals surface area contributed by atoms with Crippen molar-refractivity contribution in [3.63, 3.8) is 0 Å². The zero-order valence-electron chi connectivity index (χ0n) is 20.2. The summed E-state index contributed by atoms with van der Waals surface area (Å²) in [5.74, 6) is -0.0987. The summed E-state index contributed by atoms with van der Waals surface area (Å²) in [4.78, 5) is 21.7. The average Bonchev–Trinajstić information content (AvgIpc) is 3.24. The quantitative estimate of drug-likeness (QED) is 0.388. The van der Waals surface area contributed by atoms with E-state index in [4.69, 9.17) is 0 Å². The van der Waals surface area contributed by atoms with Gasteiger partial charge in [0.2, 0.25) is 0 Å². The number of piperidine rings is 1. The molecule has 0 radical (unpaired) electrons. The maximum absolute atomic E-state index is 13.4. The van der Waals surface area contributed by atoms with Crippen molar-refractivity contribution >= 4 is 37.7 Å². The maximum atomic E-state index is 13.4. The number of sulfone groups is 1. The highest BCUT2D eigenvalue weighted by Gasteiger charge is 2.23. The molecule has 4 aromatic rings. The molecule has 0 spiro atoms. The zero-order valence-corrected chi connectivity index (χ0v) is 21.1. The summed E-state index contributed by atoms with van der Waals surface area (Å²) in [6.45, 7) is 7.31. The lowest BCUT2D eigenvalue weighted by Crippen LogP contribution is -2.45. The van der Waals surface area contributed by atoms with Gasteiger partial charge in [0.1, 0.15) is 5.65 Å². The molecule has 182 valence electrons. The number of nitrogens with one attached hydrogen (secondary N) is 3. The molecule has 1 amide bonds. The third-order valence-electron chi connectivity index (χ3n) is 6.89. The minimum atomic E-state index is -3.38. The third kappa shape index (κ3) is 4.32. The number of hydrogen-bond acceptors (Lipinski definition) is 5. The van der Waals surface area contributed by atoms with Gasteiger partial charge in [0.25, 0.3) is 5.91 Å². The van der Waals surface area contributed by atoms with E-state index in [0.717, 1.165) is 70.1 Å². The Morgan fingerprint density at radius 1 is 1.20 bits per heavy atom. The monoisotopic (exact) mass is 490 g/mol. The van der Waals surface area contributed by atoms with E-state index < -0.39 is 9.84 Å². The number of H-pyrrole nitrogens is 1. The minimum Gasteiger partial charge on any atom is -0.348 e. The van der Waals surface area contributed by atoms with Gasteiger partial charge in [-0.05, 0) is 79.8 Å². The van der Waals surface area contributed by atoms with Crippen molar-refractivity contribution in [3.05, 3.63) is 59.3 Å². The molecule has 1 aliphatic rings. The number of nitrogens with zero attached hydrogens (tertiary/aromatic N) is 1. The number of hydrogen-bond donors (Lipinski definition) is 3. The molecular formula is C27H30N4O3S. The molecule has 0 bridgehead atoms. The summed E-state index contributed by atoms with van der Waals surface area (Å²) in [6.07, 6.45) is 3.78. The predicted molar refractivity (Wildman–Crippen MR) is 140 cm³/mol.